The Hall–Kier alpha value is -1.64. The van der Waals surface area contributed by atoms with E-state index in [4.69, 9.17) is 0 Å². The Morgan fingerprint density at radius 1 is 1.21 bits per heavy atom. The number of benzene rings is 1. The van der Waals surface area contributed by atoms with Gasteiger partial charge in [-0.25, -0.2) is 0 Å². The Labute approximate surface area is 82.3 Å². The lowest BCUT2D eigenvalue weighted by Crippen LogP contribution is -2.29. The Bertz CT molecular complexity index is 372. The van der Waals surface area contributed by atoms with Crippen LogP contribution < -0.4 is 4.90 Å². The van der Waals surface area contributed by atoms with Crippen molar-refractivity contribution in [2.24, 2.45) is 5.92 Å². The lowest BCUT2D eigenvalue weighted by Gasteiger charge is -2.13. The third kappa shape index (κ3) is 1.31. The second kappa shape index (κ2) is 3.25. The molecule has 1 aromatic carbocycles. The lowest BCUT2D eigenvalue weighted by molar-refractivity contribution is -0.122. The van der Waals surface area contributed by atoms with Crippen LogP contribution in [-0.2, 0) is 9.59 Å². The molecule has 0 N–H and O–H groups in total. The highest BCUT2D eigenvalue weighted by atomic mass is 16.2. The van der Waals surface area contributed by atoms with Gasteiger partial charge in [-0.2, -0.15) is 0 Å². The number of imide groups is 1. The van der Waals surface area contributed by atoms with Gasteiger partial charge in [-0.1, -0.05) is 25.1 Å². The fraction of sp³-hybridized carbons (Fsp3) is 0.273. The first-order valence-electron chi connectivity index (χ1n) is 4.62. The first-order chi connectivity index (χ1) is 6.70. The predicted octanol–water partition coefficient (Wildman–Crippen LogP) is 1.59. The number of carbonyl (C=O) groups is 2. The van der Waals surface area contributed by atoms with Crippen molar-refractivity contribution in [3.63, 3.8) is 0 Å². The normalized spacial score (nSPS) is 21.8. The van der Waals surface area contributed by atoms with Crippen LogP contribution in [0, 0.1) is 5.92 Å². The second-order valence-corrected chi connectivity index (χ2v) is 3.51. The molecule has 0 unspecified atom stereocenters. The minimum atomic E-state index is -0.178. The SMILES string of the molecule is C[C@H]1CC(=O)N(c2ccccc2)C1=O. The third-order valence-corrected chi connectivity index (χ3v) is 2.39. The summed E-state index contributed by atoms with van der Waals surface area (Å²) in [4.78, 5) is 24.4. The molecule has 1 atom stereocenters. The molecule has 1 aliphatic rings. The van der Waals surface area contributed by atoms with Gasteiger partial charge in [0.15, 0.2) is 0 Å². The average Bonchev–Trinajstić information content (AvgIpc) is 2.43. The van der Waals surface area contributed by atoms with Gasteiger partial charge in [-0.15, -0.1) is 0 Å². The van der Waals surface area contributed by atoms with Crippen LogP contribution in [0.15, 0.2) is 30.3 Å². The van der Waals surface area contributed by atoms with Crippen LogP contribution in [0.2, 0.25) is 0 Å². The summed E-state index contributed by atoms with van der Waals surface area (Å²) in [5.41, 5.74) is 0.673. The van der Waals surface area contributed by atoms with Gasteiger partial charge in [0, 0.05) is 12.3 Å². The molecule has 1 fully saturated rings. The van der Waals surface area contributed by atoms with Gasteiger partial charge in [0.25, 0.3) is 0 Å². The first kappa shape index (κ1) is 8.94. The van der Waals surface area contributed by atoms with Crippen molar-refractivity contribution in [1.82, 2.24) is 0 Å². The summed E-state index contributed by atoms with van der Waals surface area (Å²) in [7, 11) is 0. The predicted molar refractivity (Wildman–Crippen MR) is 52.7 cm³/mol. The van der Waals surface area contributed by atoms with Crippen molar-refractivity contribution in [3.05, 3.63) is 30.3 Å². The molecule has 72 valence electrons. The summed E-state index contributed by atoms with van der Waals surface area (Å²) < 4.78 is 0. The summed E-state index contributed by atoms with van der Waals surface area (Å²) >= 11 is 0. The van der Waals surface area contributed by atoms with Gasteiger partial charge >= 0.3 is 0 Å². The standard InChI is InChI=1S/C11H11NO2/c1-8-7-10(13)12(11(8)14)9-5-3-2-4-6-9/h2-6,8H,7H2,1H3/t8-/m0/s1. The molecule has 1 aliphatic heterocycles. The highest BCUT2D eigenvalue weighted by molar-refractivity contribution is 6.20. The molecule has 0 radical (unpaired) electrons. The molecule has 3 nitrogen and oxygen atoms in total. The Balaban J connectivity index is 2.36. The Morgan fingerprint density at radius 3 is 2.36 bits per heavy atom. The van der Waals surface area contributed by atoms with E-state index in [1.165, 1.54) is 4.90 Å². The number of anilines is 1. The molecule has 2 rings (SSSR count). The summed E-state index contributed by atoms with van der Waals surface area (Å²) in [6, 6.07) is 9.04. The van der Waals surface area contributed by atoms with Gasteiger partial charge < -0.3 is 0 Å². The lowest BCUT2D eigenvalue weighted by atomic mass is 10.1. The molecule has 0 aliphatic carbocycles. The van der Waals surface area contributed by atoms with Crippen molar-refractivity contribution in [1.29, 1.82) is 0 Å². The summed E-state index contributed by atoms with van der Waals surface area (Å²) in [6.45, 7) is 1.78. The smallest absolute Gasteiger partial charge is 0.237 e. The maximum atomic E-state index is 11.6. The Kier molecular flexibility index (Phi) is 2.08. The third-order valence-electron chi connectivity index (χ3n) is 2.39. The molecule has 1 aromatic rings. The van der Waals surface area contributed by atoms with Crippen molar-refractivity contribution < 1.29 is 9.59 Å². The van der Waals surface area contributed by atoms with E-state index in [9.17, 15) is 9.59 Å². The minimum absolute atomic E-state index is 0.0961. The molecule has 0 bridgehead atoms. The van der Waals surface area contributed by atoms with E-state index in [0.29, 0.717) is 12.1 Å². The maximum absolute atomic E-state index is 11.6. The number of hydrogen-bond donors (Lipinski definition) is 0. The van der Waals surface area contributed by atoms with E-state index in [1.807, 2.05) is 18.2 Å². The van der Waals surface area contributed by atoms with Crippen LogP contribution in [-0.4, -0.2) is 11.8 Å². The molecule has 0 aromatic heterocycles. The number of para-hydroxylation sites is 1. The molecular weight excluding hydrogens is 178 g/mol. The minimum Gasteiger partial charge on any atom is -0.274 e. The van der Waals surface area contributed by atoms with Crippen LogP contribution in [0.25, 0.3) is 0 Å². The van der Waals surface area contributed by atoms with Crippen molar-refractivity contribution in [2.45, 2.75) is 13.3 Å². The molecule has 0 saturated carbocycles. The second-order valence-electron chi connectivity index (χ2n) is 3.51. The maximum Gasteiger partial charge on any atom is 0.237 e. The number of amides is 2. The molecule has 0 spiro atoms. The molecule has 14 heavy (non-hydrogen) atoms. The van der Waals surface area contributed by atoms with Gasteiger partial charge in [0.2, 0.25) is 11.8 Å². The summed E-state index contributed by atoms with van der Waals surface area (Å²) in [6.07, 6.45) is 0.327. The average molecular weight is 189 g/mol. The van der Waals surface area contributed by atoms with Gasteiger partial charge in [-0.3, -0.25) is 14.5 Å². The fourth-order valence-corrected chi connectivity index (χ4v) is 1.63. The molecule has 1 saturated heterocycles. The number of nitrogens with zero attached hydrogens (tertiary/aromatic N) is 1. The van der Waals surface area contributed by atoms with E-state index < -0.39 is 0 Å². The monoisotopic (exact) mass is 189 g/mol. The molecular formula is C11H11NO2. The van der Waals surface area contributed by atoms with E-state index in [2.05, 4.69) is 0 Å². The summed E-state index contributed by atoms with van der Waals surface area (Å²) in [5.74, 6) is -0.377. The quantitative estimate of drug-likeness (QED) is 0.629. The highest BCUT2D eigenvalue weighted by Gasteiger charge is 2.36. The van der Waals surface area contributed by atoms with E-state index >= 15 is 0 Å². The van der Waals surface area contributed by atoms with E-state index in [0.717, 1.165) is 0 Å². The molecule has 2 amide bonds. The van der Waals surface area contributed by atoms with Crippen LogP contribution in [0.5, 0.6) is 0 Å². The van der Waals surface area contributed by atoms with E-state index in [1.54, 1.807) is 19.1 Å². The van der Waals surface area contributed by atoms with Crippen LogP contribution >= 0.6 is 0 Å². The largest absolute Gasteiger partial charge is 0.274 e. The summed E-state index contributed by atoms with van der Waals surface area (Å²) in [5, 5.41) is 0. The van der Waals surface area contributed by atoms with E-state index in [-0.39, 0.29) is 17.7 Å². The molecule has 3 heteroatoms. The van der Waals surface area contributed by atoms with Crippen LogP contribution in [0.4, 0.5) is 5.69 Å². The fourth-order valence-electron chi connectivity index (χ4n) is 1.63. The Morgan fingerprint density at radius 2 is 1.86 bits per heavy atom. The zero-order valence-electron chi connectivity index (χ0n) is 7.93. The van der Waals surface area contributed by atoms with Gasteiger partial charge in [0.1, 0.15) is 0 Å². The van der Waals surface area contributed by atoms with Crippen LogP contribution in [0.1, 0.15) is 13.3 Å². The number of carbonyl (C=O) groups excluding carboxylic acids is 2. The number of rotatable bonds is 1. The van der Waals surface area contributed by atoms with Gasteiger partial charge in [-0.05, 0) is 12.1 Å². The van der Waals surface area contributed by atoms with Crippen molar-refractivity contribution in [2.75, 3.05) is 4.90 Å². The highest BCUT2D eigenvalue weighted by Crippen LogP contribution is 2.25. The molecule has 1 heterocycles. The topological polar surface area (TPSA) is 37.4 Å². The van der Waals surface area contributed by atoms with Gasteiger partial charge in [0.05, 0.1) is 5.69 Å². The van der Waals surface area contributed by atoms with Crippen molar-refractivity contribution >= 4 is 17.5 Å². The zero-order valence-corrected chi connectivity index (χ0v) is 7.93. The van der Waals surface area contributed by atoms with Crippen LogP contribution in [0.3, 0.4) is 0 Å². The van der Waals surface area contributed by atoms with Crippen molar-refractivity contribution in [3.8, 4) is 0 Å². The number of hydrogen-bond acceptors (Lipinski definition) is 2. The zero-order chi connectivity index (χ0) is 10.1. The first-order valence-corrected chi connectivity index (χ1v) is 4.62.